The molecule has 0 bridgehead atoms. The Morgan fingerprint density at radius 3 is 2.84 bits per heavy atom. The summed E-state index contributed by atoms with van der Waals surface area (Å²) >= 11 is 1.73. The number of carbonyl (C=O) groups is 1. The summed E-state index contributed by atoms with van der Waals surface area (Å²) in [5.74, 6) is 0.164. The Kier molecular flexibility index (Phi) is 4.54. The van der Waals surface area contributed by atoms with E-state index < -0.39 is 0 Å². The summed E-state index contributed by atoms with van der Waals surface area (Å²) in [5.41, 5.74) is 1.10. The number of aryl methyl sites for hydroxylation is 2. The van der Waals surface area contributed by atoms with Crippen molar-refractivity contribution in [3.63, 3.8) is 0 Å². The van der Waals surface area contributed by atoms with Crippen LogP contribution >= 0.6 is 11.3 Å². The van der Waals surface area contributed by atoms with Crippen LogP contribution in [0.3, 0.4) is 0 Å². The smallest absolute Gasteiger partial charge is 0.240 e. The number of piperazine rings is 1. The van der Waals surface area contributed by atoms with Crippen LogP contribution in [0, 0.1) is 13.8 Å². The van der Waals surface area contributed by atoms with Crippen molar-refractivity contribution in [3.8, 4) is 0 Å². The molecule has 1 saturated heterocycles. The van der Waals surface area contributed by atoms with E-state index >= 15 is 0 Å². The number of hydrogen-bond donors (Lipinski definition) is 1. The van der Waals surface area contributed by atoms with Gasteiger partial charge in [0.1, 0.15) is 11.0 Å². The van der Waals surface area contributed by atoms with Crippen LogP contribution in [0.4, 0.5) is 0 Å². The van der Waals surface area contributed by atoms with Gasteiger partial charge in [-0.15, -0.1) is 11.3 Å². The third-order valence-electron chi connectivity index (χ3n) is 3.49. The molecule has 106 valence electrons. The third-order valence-corrected chi connectivity index (χ3v) is 4.55. The summed E-state index contributed by atoms with van der Waals surface area (Å²) in [7, 11) is 3.62. The van der Waals surface area contributed by atoms with E-state index in [1.165, 1.54) is 4.88 Å². The minimum absolute atomic E-state index is 0.0757. The largest absolute Gasteiger partial charge is 0.347 e. The maximum atomic E-state index is 12.2. The van der Waals surface area contributed by atoms with E-state index in [0.29, 0.717) is 0 Å². The number of amides is 1. The summed E-state index contributed by atoms with van der Waals surface area (Å²) in [6.07, 6.45) is 0. The average Bonchev–Trinajstić information content (AvgIpc) is 2.68. The molecule has 1 aliphatic rings. The molecule has 1 aromatic rings. The molecule has 6 heteroatoms. The van der Waals surface area contributed by atoms with E-state index in [0.717, 1.165) is 36.9 Å². The molecular weight excluding hydrogens is 260 g/mol. The number of carbonyl (C=O) groups excluding carboxylic acids is 1. The molecule has 2 heterocycles. The minimum Gasteiger partial charge on any atom is -0.347 e. The van der Waals surface area contributed by atoms with Gasteiger partial charge in [-0.05, 0) is 13.8 Å². The number of thiazole rings is 1. The van der Waals surface area contributed by atoms with Gasteiger partial charge < -0.3 is 10.2 Å². The van der Waals surface area contributed by atoms with Crippen molar-refractivity contribution < 1.29 is 4.79 Å². The van der Waals surface area contributed by atoms with Gasteiger partial charge in [-0.3, -0.25) is 9.69 Å². The molecule has 0 spiro atoms. The Morgan fingerprint density at radius 2 is 2.26 bits per heavy atom. The van der Waals surface area contributed by atoms with Crippen molar-refractivity contribution in [3.05, 3.63) is 15.6 Å². The second-order valence-electron chi connectivity index (χ2n) is 5.17. The lowest BCUT2D eigenvalue weighted by molar-refractivity contribution is -0.135. The fourth-order valence-electron chi connectivity index (χ4n) is 2.26. The molecule has 1 fully saturated rings. The van der Waals surface area contributed by atoms with Crippen LogP contribution in [0.25, 0.3) is 0 Å². The standard InChI is InChI=1S/C13H22N4OS/c1-9-10(2)19-12(15-9)8-17-6-5-14-7-11(17)13(18)16(3)4/h11,14H,5-8H2,1-4H3. The number of nitrogens with one attached hydrogen (secondary N) is 1. The maximum Gasteiger partial charge on any atom is 0.240 e. The first-order valence-corrected chi connectivity index (χ1v) is 7.39. The molecule has 1 atom stereocenters. The van der Waals surface area contributed by atoms with Crippen molar-refractivity contribution in [2.45, 2.75) is 26.4 Å². The highest BCUT2D eigenvalue weighted by molar-refractivity contribution is 7.11. The summed E-state index contributed by atoms with van der Waals surface area (Å²) in [6, 6.07) is -0.0757. The van der Waals surface area contributed by atoms with Gasteiger partial charge in [-0.1, -0.05) is 0 Å². The molecule has 2 rings (SSSR count). The molecular formula is C13H22N4OS. The molecule has 1 N–H and O–H groups in total. The first kappa shape index (κ1) is 14.4. The topological polar surface area (TPSA) is 48.5 Å². The van der Waals surface area contributed by atoms with E-state index in [1.807, 2.05) is 21.0 Å². The predicted molar refractivity (Wildman–Crippen MR) is 77.3 cm³/mol. The van der Waals surface area contributed by atoms with Crippen molar-refractivity contribution >= 4 is 17.2 Å². The maximum absolute atomic E-state index is 12.2. The first-order valence-electron chi connectivity index (χ1n) is 6.58. The minimum atomic E-state index is -0.0757. The number of likely N-dealkylation sites (N-methyl/N-ethyl adjacent to an activating group) is 1. The number of aromatic nitrogens is 1. The van der Waals surface area contributed by atoms with Gasteiger partial charge in [0.25, 0.3) is 0 Å². The Labute approximate surface area is 118 Å². The van der Waals surface area contributed by atoms with Crippen molar-refractivity contribution in [2.75, 3.05) is 33.7 Å². The fraction of sp³-hybridized carbons (Fsp3) is 0.692. The lowest BCUT2D eigenvalue weighted by atomic mass is 10.1. The summed E-state index contributed by atoms with van der Waals surface area (Å²) < 4.78 is 0. The molecule has 1 aromatic heterocycles. The second kappa shape index (κ2) is 5.98. The predicted octanol–water partition coefficient (Wildman–Crippen LogP) is 0.622. The number of rotatable bonds is 3. The van der Waals surface area contributed by atoms with Crippen LogP contribution in [-0.2, 0) is 11.3 Å². The Morgan fingerprint density at radius 1 is 1.53 bits per heavy atom. The molecule has 0 radical (unpaired) electrons. The monoisotopic (exact) mass is 282 g/mol. The summed E-state index contributed by atoms with van der Waals surface area (Å²) in [4.78, 5) is 21.9. The van der Waals surface area contributed by atoms with Gasteiger partial charge in [0.15, 0.2) is 0 Å². The highest BCUT2D eigenvalue weighted by Gasteiger charge is 2.30. The fourth-order valence-corrected chi connectivity index (χ4v) is 3.22. The quantitative estimate of drug-likeness (QED) is 0.883. The van der Waals surface area contributed by atoms with E-state index in [2.05, 4.69) is 22.1 Å². The molecule has 5 nitrogen and oxygen atoms in total. The highest BCUT2D eigenvalue weighted by atomic mass is 32.1. The van der Waals surface area contributed by atoms with Crippen LogP contribution < -0.4 is 5.32 Å². The average molecular weight is 282 g/mol. The van der Waals surface area contributed by atoms with Gasteiger partial charge in [0.2, 0.25) is 5.91 Å². The molecule has 19 heavy (non-hydrogen) atoms. The van der Waals surface area contributed by atoms with Gasteiger partial charge in [0.05, 0.1) is 12.2 Å². The molecule has 1 unspecified atom stereocenters. The van der Waals surface area contributed by atoms with Crippen molar-refractivity contribution in [1.29, 1.82) is 0 Å². The van der Waals surface area contributed by atoms with E-state index in [1.54, 1.807) is 16.2 Å². The lowest BCUT2D eigenvalue weighted by Gasteiger charge is -2.35. The Balaban J connectivity index is 2.09. The van der Waals surface area contributed by atoms with Crippen LogP contribution in [0.1, 0.15) is 15.6 Å². The van der Waals surface area contributed by atoms with Gasteiger partial charge >= 0.3 is 0 Å². The molecule has 1 aliphatic heterocycles. The zero-order chi connectivity index (χ0) is 14.0. The number of hydrogen-bond acceptors (Lipinski definition) is 5. The molecule has 1 amide bonds. The SMILES string of the molecule is Cc1nc(CN2CCNCC2C(=O)N(C)C)sc1C. The number of nitrogens with zero attached hydrogens (tertiary/aromatic N) is 3. The van der Waals surface area contributed by atoms with Crippen LogP contribution in [0.5, 0.6) is 0 Å². The van der Waals surface area contributed by atoms with Gasteiger partial charge in [-0.25, -0.2) is 4.98 Å². The Bertz CT molecular complexity index is 438. The Hall–Kier alpha value is -0.980. The van der Waals surface area contributed by atoms with Gasteiger partial charge in [0, 0.05) is 38.6 Å². The third kappa shape index (κ3) is 3.32. The zero-order valence-corrected chi connectivity index (χ0v) is 12.9. The summed E-state index contributed by atoms with van der Waals surface area (Å²) in [5, 5.41) is 4.40. The van der Waals surface area contributed by atoms with E-state index in [4.69, 9.17) is 0 Å². The van der Waals surface area contributed by atoms with Gasteiger partial charge in [-0.2, -0.15) is 0 Å². The molecule has 0 aromatic carbocycles. The van der Waals surface area contributed by atoms with Crippen LogP contribution in [0.15, 0.2) is 0 Å². The normalized spacial score (nSPS) is 20.5. The van der Waals surface area contributed by atoms with Crippen molar-refractivity contribution in [2.24, 2.45) is 0 Å². The highest BCUT2D eigenvalue weighted by Crippen LogP contribution is 2.19. The zero-order valence-electron chi connectivity index (χ0n) is 12.1. The van der Waals surface area contributed by atoms with Crippen molar-refractivity contribution in [1.82, 2.24) is 20.1 Å². The second-order valence-corrected chi connectivity index (χ2v) is 6.46. The molecule has 0 saturated carbocycles. The van der Waals surface area contributed by atoms with E-state index in [9.17, 15) is 4.79 Å². The summed E-state index contributed by atoms with van der Waals surface area (Å²) in [6.45, 7) is 7.44. The lowest BCUT2D eigenvalue weighted by Crippen LogP contribution is -2.57. The first-order chi connectivity index (χ1) is 8.99. The molecule has 0 aliphatic carbocycles. The van der Waals surface area contributed by atoms with Crippen LogP contribution in [0.2, 0.25) is 0 Å². The van der Waals surface area contributed by atoms with E-state index in [-0.39, 0.29) is 11.9 Å². The van der Waals surface area contributed by atoms with Crippen LogP contribution in [-0.4, -0.2) is 60.5 Å².